The Morgan fingerprint density at radius 3 is 2.00 bits per heavy atom. The highest BCUT2D eigenvalue weighted by Gasteiger charge is 1.82. The van der Waals surface area contributed by atoms with E-state index in [4.69, 9.17) is 11.5 Å². The van der Waals surface area contributed by atoms with Crippen LogP contribution in [0.15, 0.2) is 0 Å². The molecule has 0 unspecified atom stereocenters. The fourth-order valence-electron chi connectivity index (χ4n) is 0. The Morgan fingerprint density at radius 2 is 2.00 bits per heavy atom. The Labute approximate surface area is 32.1 Å². The van der Waals surface area contributed by atoms with Crippen molar-refractivity contribution in [3.05, 3.63) is 0 Å². The van der Waals surface area contributed by atoms with Gasteiger partial charge in [-0.1, -0.05) is 0 Å². The molecule has 30 valence electrons. The third-order valence-electron chi connectivity index (χ3n) is 0.306. The molecular formula is C3H8N2. The van der Waals surface area contributed by atoms with E-state index >= 15 is 0 Å². The standard InChI is InChI=1S/C3H8N2/c1-3(5)2-4/h3-5H,2H2,1H3/t3-/m0/s1. The third kappa shape index (κ3) is 3.92. The van der Waals surface area contributed by atoms with E-state index in [9.17, 15) is 0 Å². The van der Waals surface area contributed by atoms with E-state index in [1.165, 1.54) is 0 Å². The van der Waals surface area contributed by atoms with Gasteiger partial charge in [0.1, 0.15) is 0 Å². The average Bonchev–Trinajstić information content (AvgIpc) is 1.38. The average molecular weight is 72.1 g/mol. The van der Waals surface area contributed by atoms with Crippen molar-refractivity contribution >= 4 is 0 Å². The van der Waals surface area contributed by atoms with Crippen LogP contribution in [0.4, 0.5) is 0 Å². The van der Waals surface area contributed by atoms with Crippen molar-refractivity contribution in [1.82, 2.24) is 11.5 Å². The highest BCUT2D eigenvalue weighted by Crippen LogP contribution is 1.65. The second-order valence-corrected chi connectivity index (χ2v) is 1.11. The quantitative estimate of drug-likeness (QED) is 0.416. The van der Waals surface area contributed by atoms with Gasteiger partial charge in [-0.2, -0.15) is 0 Å². The molecule has 0 heterocycles. The van der Waals surface area contributed by atoms with Crippen LogP contribution in [0, 0.1) is 0 Å². The predicted octanol–water partition coefficient (Wildman–Crippen LogP) is -0.0593. The lowest BCUT2D eigenvalue weighted by Crippen LogP contribution is -2.08. The first-order valence-electron chi connectivity index (χ1n) is 1.63. The molecule has 0 rings (SSSR count). The van der Waals surface area contributed by atoms with Crippen molar-refractivity contribution in [2.75, 3.05) is 6.54 Å². The fourth-order valence-corrected chi connectivity index (χ4v) is 0. The maximum atomic E-state index is 6.64. The Hall–Kier alpha value is -0.0800. The van der Waals surface area contributed by atoms with E-state index in [0.29, 0.717) is 0 Å². The van der Waals surface area contributed by atoms with Gasteiger partial charge in [0.2, 0.25) is 0 Å². The third-order valence-corrected chi connectivity index (χ3v) is 0.306. The van der Waals surface area contributed by atoms with Gasteiger partial charge in [-0.05, 0) is 6.92 Å². The highest BCUT2D eigenvalue weighted by molar-refractivity contribution is 4.46. The Bertz CT molecular complexity index is 18.9. The molecule has 0 aromatic rings. The van der Waals surface area contributed by atoms with Gasteiger partial charge in [-0.15, -0.1) is 0 Å². The molecule has 0 saturated heterocycles. The van der Waals surface area contributed by atoms with E-state index in [1.54, 1.807) is 6.92 Å². The Morgan fingerprint density at radius 1 is 1.80 bits per heavy atom. The van der Waals surface area contributed by atoms with Gasteiger partial charge in [0.25, 0.3) is 0 Å². The van der Waals surface area contributed by atoms with Crippen LogP contribution in [0.1, 0.15) is 6.92 Å². The molecule has 0 saturated carbocycles. The zero-order valence-corrected chi connectivity index (χ0v) is 3.28. The van der Waals surface area contributed by atoms with Crippen molar-refractivity contribution in [3.8, 4) is 0 Å². The summed E-state index contributed by atoms with van der Waals surface area (Å²) in [4.78, 5) is 0. The molecule has 0 fully saturated rings. The smallest absolute Gasteiger partial charge is 0.0323 e. The predicted molar refractivity (Wildman–Crippen MR) is 20.5 cm³/mol. The number of hydrogen-bond acceptors (Lipinski definition) is 0. The fraction of sp³-hybridized carbons (Fsp3) is 1.00. The van der Waals surface area contributed by atoms with Crippen molar-refractivity contribution in [2.24, 2.45) is 0 Å². The summed E-state index contributed by atoms with van der Waals surface area (Å²) in [5.74, 6) is 0. The monoisotopic (exact) mass is 72.1 g/mol. The second kappa shape index (κ2) is 2.18. The van der Waals surface area contributed by atoms with Crippen LogP contribution in [0.3, 0.4) is 0 Å². The summed E-state index contributed by atoms with van der Waals surface area (Å²) in [7, 11) is 0. The van der Waals surface area contributed by atoms with E-state index < -0.39 is 0 Å². The molecule has 0 spiro atoms. The molecule has 0 amide bonds. The van der Waals surface area contributed by atoms with E-state index in [1.807, 2.05) is 0 Å². The summed E-state index contributed by atoms with van der Waals surface area (Å²) in [5.41, 5.74) is 13.1. The molecule has 0 aromatic carbocycles. The molecule has 2 N–H and O–H groups in total. The molecule has 0 aliphatic rings. The van der Waals surface area contributed by atoms with Crippen molar-refractivity contribution in [1.29, 1.82) is 0 Å². The van der Waals surface area contributed by atoms with Gasteiger partial charge in [-0.3, -0.25) is 11.5 Å². The van der Waals surface area contributed by atoms with Crippen LogP contribution in [-0.2, 0) is 0 Å². The maximum Gasteiger partial charge on any atom is 0.0323 e. The number of rotatable bonds is 1. The van der Waals surface area contributed by atoms with Crippen molar-refractivity contribution < 1.29 is 0 Å². The minimum Gasteiger partial charge on any atom is -0.256 e. The molecule has 2 nitrogen and oxygen atoms in total. The summed E-state index contributed by atoms with van der Waals surface area (Å²) >= 11 is 0. The lowest BCUT2D eigenvalue weighted by atomic mass is 10.4. The van der Waals surface area contributed by atoms with Crippen LogP contribution >= 0.6 is 0 Å². The molecular weight excluding hydrogens is 64.0 g/mol. The summed E-state index contributed by atoms with van der Waals surface area (Å²) in [6.07, 6.45) is 0. The van der Waals surface area contributed by atoms with E-state index in [2.05, 4.69) is 0 Å². The first kappa shape index (κ1) is 4.92. The van der Waals surface area contributed by atoms with Gasteiger partial charge in [-0.25, -0.2) is 0 Å². The zero-order chi connectivity index (χ0) is 4.28. The van der Waals surface area contributed by atoms with Crippen LogP contribution < -0.4 is 11.5 Å². The van der Waals surface area contributed by atoms with Crippen LogP contribution in [-0.4, -0.2) is 12.6 Å². The first-order valence-corrected chi connectivity index (χ1v) is 1.63. The normalized spacial score (nSPS) is 15.0. The summed E-state index contributed by atoms with van der Waals surface area (Å²) in [5, 5.41) is 0. The van der Waals surface area contributed by atoms with E-state index in [0.717, 1.165) is 0 Å². The summed E-state index contributed by atoms with van der Waals surface area (Å²) < 4.78 is 0. The molecule has 0 aromatic heterocycles. The highest BCUT2D eigenvalue weighted by atomic mass is 14.7. The SMILES string of the molecule is C[C@H]([NH])C[NH]. The molecule has 0 aliphatic heterocycles. The second-order valence-electron chi connectivity index (χ2n) is 1.11. The van der Waals surface area contributed by atoms with E-state index in [-0.39, 0.29) is 12.6 Å². The molecule has 1 atom stereocenters. The maximum absolute atomic E-state index is 6.64. The lowest BCUT2D eigenvalue weighted by molar-refractivity contribution is 0.717. The minimum atomic E-state index is -0.199. The number of hydrogen-bond donors (Lipinski definition) is 0. The Balaban J connectivity index is 2.54. The van der Waals surface area contributed by atoms with Gasteiger partial charge in [0.15, 0.2) is 0 Å². The van der Waals surface area contributed by atoms with Crippen LogP contribution in [0.25, 0.3) is 0 Å². The summed E-state index contributed by atoms with van der Waals surface area (Å²) in [6, 6.07) is -0.199. The largest absolute Gasteiger partial charge is 0.256 e. The lowest BCUT2D eigenvalue weighted by Gasteiger charge is -1.89. The van der Waals surface area contributed by atoms with Gasteiger partial charge >= 0.3 is 0 Å². The van der Waals surface area contributed by atoms with Gasteiger partial charge < -0.3 is 0 Å². The minimum absolute atomic E-state index is 0.199. The summed E-state index contributed by atoms with van der Waals surface area (Å²) in [6.45, 7) is 1.92. The molecule has 0 bridgehead atoms. The van der Waals surface area contributed by atoms with Gasteiger partial charge in [0.05, 0.1) is 0 Å². The molecule has 2 heteroatoms. The van der Waals surface area contributed by atoms with Crippen LogP contribution in [0.5, 0.6) is 0 Å². The van der Waals surface area contributed by atoms with Crippen molar-refractivity contribution in [2.45, 2.75) is 13.0 Å². The van der Waals surface area contributed by atoms with Crippen LogP contribution in [0.2, 0.25) is 0 Å². The molecule has 2 radical (unpaired) electrons. The first-order chi connectivity index (χ1) is 2.27. The molecule has 0 aliphatic carbocycles. The Kier molecular flexibility index (Phi) is 2.14. The zero-order valence-electron chi connectivity index (χ0n) is 3.28. The molecule has 5 heavy (non-hydrogen) atoms. The number of nitrogens with one attached hydrogen (secondary N) is 2. The van der Waals surface area contributed by atoms with Gasteiger partial charge in [0, 0.05) is 12.6 Å². The van der Waals surface area contributed by atoms with Crippen molar-refractivity contribution in [3.63, 3.8) is 0 Å². The topological polar surface area (TPSA) is 47.6 Å².